The number of nitriles is 1. The van der Waals surface area contributed by atoms with Crippen LogP contribution >= 0.6 is 11.6 Å². The molecule has 2 aromatic rings. The molecule has 0 saturated carbocycles. The van der Waals surface area contributed by atoms with Crippen molar-refractivity contribution in [3.8, 4) is 6.07 Å². The molecule has 0 unspecified atom stereocenters. The first-order valence-electron chi connectivity index (χ1n) is 6.86. The normalized spacial score (nSPS) is 7.92. The van der Waals surface area contributed by atoms with E-state index in [2.05, 4.69) is 25.1 Å². The van der Waals surface area contributed by atoms with Gasteiger partial charge in [-0.25, -0.2) is 0 Å². The molecule has 0 atom stereocenters. The average molecular weight is 400 g/mol. The minimum Gasteiger partial charge on any atom is -0.198 e. The van der Waals surface area contributed by atoms with E-state index in [-0.39, 0.29) is 0 Å². The van der Waals surface area contributed by atoms with E-state index in [1.165, 1.54) is 16.7 Å². The molecule has 0 heterocycles. The van der Waals surface area contributed by atoms with E-state index in [0.717, 1.165) is 5.56 Å². The molecule has 5 nitrogen and oxygen atoms in total. The quantitative estimate of drug-likeness (QED) is 0.721. The molecule has 0 saturated heterocycles. The van der Waals surface area contributed by atoms with Crippen LogP contribution in [0, 0.1) is 25.2 Å². The van der Waals surface area contributed by atoms with E-state index in [0.29, 0.717) is 12.3 Å². The monoisotopic (exact) mass is 399 g/mol. The van der Waals surface area contributed by atoms with Crippen molar-refractivity contribution in [3.05, 3.63) is 70.8 Å². The molecule has 0 spiro atoms. The van der Waals surface area contributed by atoms with Gasteiger partial charge in [0.1, 0.15) is 0 Å². The second-order valence-corrected chi connectivity index (χ2v) is 5.12. The minimum atomic E-state index is -0.750. The van der Waals surface area contributed by atoms with Crippen LogP contribution in [0.5, 0.6) is 0 Å². The summed E-state index contributed by atoms with van der Waals surface area (Å²) in [5, 5.41) is 8.36. The van der Waals surface area contributed by atoms with Crippen molar-refractivity contribution in [2.75, 3.05) is 0 Å². The predicted molar refractivity (Wildman–Crippen MR) is 99.1 cm³/mol. The molecule has 0 aliphatic carbocycles. The second kappa shape index (κ2) is 18.2. The lowest BCUT2D eigenvalue weighted by molar-refractivity contribution is 0.628. The molecule has 0 bridgehead atoms. The van der Waals surface area contributed by atoms with Gasteiger partial charge in [0, 0.05) is 5.88 Å². The van der Waals surface area contributed by atoms with Crippen molar-refractivity contribution in [3.63, 3.8) is 0 Å². The maximum absolute atomic E-state index is 8.36. The number of hydrogen-bond donors (Lipinski definition) is 0. The fraction of sp³-hybridized carbons (Fsp3) is 0.235. The first kappa shape index (κ1) is 25.1. The number of rotatable bonds is 2. The van der Waals surface area contributed by atoms with Crippen molar-refractivity contribution >= 4 is 34.7 Å². The van der Waals surface area contributed by atoms with Crippen LogP contribution in [0.3, 0.4) is 0 Å². The van der Waals surface area contributed by atoms with Crippen LogP contribution in [0.15, 0.2) is 48.5 Å². The Balaban J connectivity index is 0. The Hall–Kier alpha value is -2.14. The van der Waals surface area contributed by atoms with Crippen molar-refractivity contribution < 1.29 is 16.8 Å². The number of benzene rings is 2. The van der Waals surface area contributed by atoms with Crippen LogP contribution in [-0.2, 0) is 35.4 Å². The van der Waals surface area contributed by atoms with Crippen LogP contribution in [-0.4, -0.2) is 16.8 Å². The lowest BCUT2D eigenvalue weighted by atomic mass is 10.1. The highest BCUT2D eigenvalue weighted by Crippen LogP contribution is 2.05. The van der Waals surface area contributed by atoms with Gasteiger partial charge in [-0.05, 0) is 25.0 Å². The van der Waals surface area contributed by atoms with E-state index in [1.54, 1.807) is 0 Å². The second-order valence-electron chi connectivity index (χ2n) is 4.58. The molecule has 0 amide bonds. The lowest BCUT2D eigenvalue weighted by Gasteiger charge is -1.94. The summed E-state index contributed by atoms with van der Waals surface area (Å²) in [5.41, 5.74) is 4.78. The summed E-state index contributed by atoms with van der Waals surface area (Å²) in [7, 11) is 0. The zero-order chi connectivity index (χ0) is 19.5. The molecule has 25 heavy (non-hydrogen) atoms. The molecular weight excluding hydrogens is 382 g/mol. The number of halogens is 1. The molecule has 0 N–H and O–H groups in total. The highest BCUT2D eigenvalue weighted by molar-refractivity contribution is 7.51. The van der Waals surface area contributed by atoms with Gasteiger partial charge in [-0.2, -0.15) is 22.1 Å². The highest BCUT2D eigenvalue weighted by atomic mass is 35.5. The summed E-state index contributed by atoms with van der Waals surface area (Å²) in [6.45, 7) is 4.09. The van der Waals surface area contributed by atoms with Crippen LogP contribution < -0.4 is 0 Å². The molecule has 0 aliphatic rings. The molecular formula is C17H18ClNO4S2. The Kier molecular flexibility index (Phi) is 18.3. The largest absolute Gasteiger partial charge is 0.335 e. The van der Waals surface area contributed by atoms with Crippen molar-refractivity contribution in [2.24, 2.45) is 0 Å². The standard InChI is InChI=1S/C9H9N.C8H9Cl.2O2S/c1-8-3-2-4-9(7-8)5-6-10;1-7-3-2-4-8(5-7)6-9;2*1-3-2/h2-4,7H,5H2,1H3;2-5H,6H2,1H3;;. The van der Waals surface area contributed by atoms with Gasteiger partial charge in [0.25, 0.3) is 0 Å². The van der Waals surface area contributed by atoms with Crippen molar-refractivity contribution in [2.45, 2.75) is 26.1 Å². The third kappa shape index (κ3) is 16.5. The predicted octanol–water partition coefficient (Wildman–Crippen LogP) is 3.45. The molecule has 134 valence electrons. The first-order chi connectivity index (χ1) is 12.0. The van der Waals surface area contributed by atoms with Crippen LogP contribution in [0.2, 0.25) is 0 Å². The van der Waals surface area contributed by atoms with Gasteiger partial charge >= 0.3 is 23.1 Å². The SMILES string of the molecule is Cc1cccc(CC#N)c1.Cc1cccc(CCl)c1.O=S=O.O=S=O. The number of alkyl halides is 1. The number of aryl methyl sites for hydroxylation is 2. The zero-order valence-corrected chi connectivity index (χ0v) is 16.2. The van der Waals surface area contributed by atoms with Gasteiger partial charge in [0.15, 0.2) is 0 Å². The first-order valence-corrected chi connectivity index (χ1v) is 8.73. The maximum Gasteiger partial charge on any atom is 0.335 e. The lowest BCUT2D eigenvalue weighted by Crippen LogP contribution is -1.80. The van der Waals surface area contributed by atoms with Gasteiger partial charge in [0.05, 0.1) is 12.5 Å². The van der Waals surface area contributed by atoms with Gasteiger partial charge in [-0.3, -0.25) is 0 Å². The van der Waals surface area contributed by atoms with Crippen LogP contribution in [0.25, 0.3) is 0 Å². The topological polar surface area (TPSA) is 92.1 Å². The highest BCUT2D eigenvalue weighted by Gasteiger charge is 1.89. The van der Waals surface area contributed by atoms with Gasteiger partial charge in [-0.15, -0.1) is 11.6 Å². The Bertz CT molecular complexity index is 723. The van der Waals surface area contributed by atoms with E-state index < -0.39 is 23.1 Å². The Labute approximate surface area is 159 Å². The summed E-state index contributed by atoms with van der Waals surface area (Å²) in [4.78, 5) is 0. The summed E-state index contributed by atoms with van der Waals surface area (Å²) in [6.07, 6.45) is 0.516. The molecule has 0 fully saturated rings. The molecule has 2 aromatic carbocycles. The average Bonchev–Trinajstić information content (AvgIpc) is 2.57. The van der Waals surface area contributed by atoms with Crippen molar-refractivity contribution in [1.29, 1.82) is 5.26 Å². The van der Waals surface area contributed by atoms with Gasteiger partial charge in [-0.1, -0.05) is 59.7 Å². The smallest absolute Gasteiger partial charge is 0.198 e. The van der Waals surface area contributed by atoms with Crippen molar-refractivity contribution in [1.82, 2.24) is 0 Å². The van der Waals surface area contributed by atoms with Gasteiger partial charge in [0.2, 0.25) is 0 Å². The molecule has 0 radical (unpaired) electrons. The van der Waals surface area contributed by atoms with Crippen LogP contribution in [0.1, 0.15) is 22.3 Å². The molecule has 8 heteroatoms. The Morgan fingerprint density at radius 3 is 1.60 bits per heavy atom. The van der Waals surface area contributed by atoms with Crippen LogP contribution in [0.4, 0.5) is 0 Å². The van der Waals surface area contributed by atoms with E-state index in [1.807, 2.05) is 43.3 Å². The number of hydrogen-bond acceptors (Lipinski definition) is 5. The minimum absolute atomic E-state index is 0.516. The molecule has 2 rings (SSSR count). The van der Waals surface area contributed by atoms with E-state index >= 15 is 0 Å². The fourth-order valence-electron chi connectivity index (χ4n) is 1.71. The Morgan fingerprint density at radius 1 is 0.880 bits per heavy atom. The van der Waals surface area contributed by atoms with E-state index in [9.17, 15) is 0 Å². The maximum atomic E-state index is 8.36. The molecule has 0 aromatic heterocycles. The third-order valence-corrected chi connectivity index (χ3v) is 2.91. The summed E-state index contributed by atoms with van der Waals surface area (Å²) in [6, 6.07) is 18.3. The summed E-state index contributed by atoms with van der Waals surface area (Å²) >= 11 is 4.10. The summed E-state index contributed by atoms with van der Waals surface area (Å²) < 4.78 is 33.2. The summed E-state index contributed by atoms with van der Waals surface area (Å²) in [5.74, 6) is 0.613. The fourth-order valence-corrected chi connectivity index (χ4v) is 1.87. The van der Waals surface area contributed by atoms with Gasteiger partial charge < -0.3 is 0 Å². The third-order valence-electron chi connectivity index (χ3n) is 2.60. The Morgan fingerprint density at radius 2 is 1.28 bits per heavy atom. The zero-order valence-electron chi connectivity index (χ0n) is 13.8. The van der Waals surface area contributed by atoms with E-state index in [4.69, 9.17) is 33.7 Å². The molecule has 0 aliphatic heterocycles. The number of nitrogens with zero attached hydrogens (tertiary/aromatic N) is 1.